The van der Waals surface area contributed by atoms with E-state index in [4.69, 9.17) is 0 Å². The van der Waals surface area contributed by atoms with Crippen molar-refractivity contribution >= 4 is 11.8 Å². The summed E-state index contributed by atoms with van der Waals surface area (Å²) in [6.45, 7) is 8.08. The van der Waals surface area contributed by atoms with Crippen LogP contribution in [0.25, 0.3) is 0 Å². The maximum absolute atomic E-state index is 3.88. The molecule has 0 N–H and O–H groups in total. The fraction of sp³-hybridized carbons (Fsp3) is 0.700. The summed E-state index contributed by atoms with van der Waals surface area (Å²) >= 11 is 1.92. The Kier molecular flexibility index (Phi) is 8.26. The number of thioether (sulfide) groups is 1. The molecule has 65 valence electrons. The summed E-state index contributed by atoms with van der Waals surface area (Å²) in [4.78, 5) is 0. The van der Waals surface area contributed by atoms with Gasteiger partial charge in [-0.2, -0.15) is 11.8 Å². The van der Waals surface area contributed by atoms with E-state index in [1.165, 1.54) is 37.0 Å². The van der Waals surface area contributed by atoms with Gasteiger partial charge in [0.15, 0.2) is 0 Å². The van der Waals surface area contributed by atoms with Crippen molar-refractivity contribution in [2.24, 2.45) is 0 Å². The number of allylic oxidation sites excluding steroid dienone is 1. The van der Waals surface area contributed by atoms with Crippen LogP contribution in [0.1, 0.15) is 39.5 Å². The summed E-state index contributed by atoms with van der Waals surface area (Å²) in [6, 6.07) is 0. The van der Waals surface area contributed by atoms with Gasteiger partial charge < -0.3 is 0 Å². The van der Waals surface area contributed by atoms with Crippen molar-refractivity contribution in [1.29, 1.82) is 0 Å². The van der Waals surface area contributed by atoms with Crippen LogP contribution in [0.15, 0.2) is 12.2 Å². The quantitative estimate of drug-likeness (QED) is 0.411. The number of rotatable bonds is 7. The number of hydrogen-bond acceptors (Lipinski definition) is 1. The van der Waals surface area contributed by atoms with E-state index >= 15 is 0 Å². The molecular weight excluding hydrogens is 152 g/mol. The van der Waals surface area contributed by atoms with E-state index in [0.29, 0.717) is 0 Å². The molecule has 0 nitrogen and oxygen atoms in total. The molecule has 0 amide bonds. The molecule has 0 saturated carbocycles. The Labute approximate surface area is 75.5 Å². The molecular formula is C10H19S. The van der Waals surface area contributed by atoms with Crippen molar-refractivity contribution in [3.63, 3.8) is 0 Å². The standard InChI is InChI=1S/C10H19S/c1-4-11-9-7-5-6-8-10(2)3/h4H,2,5-9H2,1,3H3. The lowest BCUT2D eigenvalue weighted by atomic mass is 10.1. The van der Waals surface area contributed by atoms with Crippen LogP contribution in [0.2, 0.25) is 0 Å². The second-order valence-electron chi connectivity index (χ2n) is 2.87. The molecule has 0 spiro atoms. The summed E-state index contributed by atoms with van der Waals surface area (Å²) < 4.78 is 0. The van der Waals surface area contributed by atoms with Crippen molar-refractivity contribution in [2.45, 2.75) is 39.5 Å². The van der Waals surface area contributed by atoms with Crippen LogP contribution in [0.3, 0.4) is 0 Å². The second-order valence-corrected chi connectivity index (χ2v) is 4.09. The minimum Gasteiger partial charge on any atom is -0.158 e. The lowest BCUT2D eigenvalue weighted by Gasteiger charge is -1.99. The molecule has 0 rings (SSSR count). The van der Waals surface area contributed by atoms with Gasteiger partial charge in [-0.1, -0.05) is 18.9 Å². The van der Waals surface area contributed by atoms with Crippen molar-refractivity contribution in [2.75, 3.05) is 5.75 Å². The predicted molar refractivity (Wildman–Crippen MR) is 55.7 cm³/mol. The van der Waals surface area contributed by atoms with Gasteiger partial charge in [0.25, 0.3) is 0 Å². The zero-order valence-corrected chi connectivity index (χ0v) is 8.54. The van der Waals surface area contributed by atoms with Crippen molar-refractivity contribution < 1.29 is 0 Å². The molecule has 0 bridgehead atoms. The third-order valence-corrected chi connectivity index (χ3v) is 2.39. The maximum Gasteiger partial charge on any atom is 0.0135 e. The predicted octanol–water partition coefficient (Wildman–Crippen LogP) is 4.04. The van der Waals surface area contributed by atoms with Crippen LogP contribution in [-0.2, 0) is 0 Å². The van der Waals surface area contributed by atoms with E-state index in [-0.39, 0.29) is 0 Å². The van der Waals surface area contributed by atoms with E-state index in [1.54, 1.807) is 0 Å². The molecule has 11 heavy (non-hydrogen) atoms. The first-order valence-corrected chi connectivity index (χ1v) is 5.36. The molecule has 0 heterocycles. The zero-order chi connectivity index (χ0) is 8.53. The Morgan fingerprint density at radius 3 is 2.64 bits per heavy atom. The Bertz CT molecular complexity index is 97.0. The molecule has 0 aliphatic rings. The fourth-order valence-corrected chi connectivity index (χ4v) is 1.51. The Hall–Kier alpha value is 0.0900. The van der Waals surface area contributed by atoms with Gasteiger partial charge in [-0.15, -0.1) is 6.58 Å². The highest BCUT2D eigenvalue weighted by Crippen LogP contribution is 2.11. The van der Waals surface area contributed by atoms with Crippen molar-refractivity contribution in [1.82, 2.24) is 0 Å². The average molecular weight is 171 g/mol. The number of hydrogen-bond donors (Lipinski definition) is 0. The van der Waals surface area contributed by atoms with Crippen molar-refractivity contribution in [3.05, 3.63) is 17.9 Å². The van der Waals surface area contributed by atoms with E-state index in [1.807, 2.05) is 11.8 Å². The monoisotopic (exact) mass is 171 g/mol. The van der Waals surface area contributed by atoms with Gasteiger partial charge in [-0.05, 0) is 31.9 Å². The largest absolute Gasteiger partial charge is 0.158 e. The summed E-state index contributed by atoms with van der Waals surface area (Å²) in [5.74, 6) is 3.45. The minimum atomic E-state index is 1.21. The first kappa shape index (κ1) is 11.1. The normalized spacial score (nSPS) is 10.0. The minimum absolute atomic E-state index is 1.21. The molecule has 0 unspecified atom stereocenters. The summed E-state index contributed by atoms with van der Waals surface area (Å²) in [5, 5.41) is 0. The third-order valence-electron chi connectivity index (χ3n) is 1.53. The van der Waals surface area contributed by atoms with Gasteiger partial charge >= 0.3 is 0 Å². The van der Waals surface area contributed by atoms with Crippen LogP contribution < -0.4 is 0 Å². The molecule has 0 saturated heterocycles. The van der Waals surface area contributed by atoms with E-state index in [0.717, 1.165) is 0 Å². The molecule has 0 aromatic carbocycles. The highest BCUT2D eigenvalue weighted by atomic mass is 32.2. The Morgan fingerprint density at radius 1 is 1.36 bits per heavy atom. The lowest BCUT2D eigenvalue weighted by Crippen LogP contribution is -1.81. The highest BCUT2D eigenvalue weighted by Gasteiger charge is 1.89. The van der Waals surface area contributed by atoms with Gasteiger partial charge in [-0.3, -0.25) is 0 Å². The third kappa shape index (κ3) is 10.1. The Balaban J connectivity index is 2.85. The average Bonchev–Trinajstić information content (AvgIpc) is 1.96. The maximum atomic E-state index is 3.88. The van der Waals surface area contributed by atoms with Crippen LogP contribution in [0.4, 0.5) is 0 Å². The van der Waals surface area contributed by atoms with Crippen LogP contribution in [0.5, 0.6) is 0 Å². The van der Waals surface area contributed by atoms with Gasteiger partial charge in [0.1, 0.15) is 0 Å². The highest BCUT2D eigenvalue weighted by molar-refractivity contribution is 8.01. The molecule has 0 aliphatic carbocycles. The molecule has 0 aromatic rings. The molecule has 0 atom stereocenters. The molecule has 1 heteroatoms. The molecule has 1 radical (unpaired) electrons. The smallest absolute Gasteiger partial charge is 0.0135 e. The van der Waals surface area contributed by atoms with E-state index in [9.17, 15) is 0 Å². The van der Waals surface area contributed by atoms with Gasteiger partial charge in [0, 0.05) is 5.75 Å². The van der Waals surface area contributed by atoms with Gasteiger partial charge in [0.2, 0.25) is 0 Å². The van der Waals surface area contributed by atoms with Gasteiger partial charge in [-0.25, -0.2) is 0 Å². The van der Waals surface area contributed by atoms with Crippen molar-refractivity contribution in [3.8, 4) is 0 Å². The van der Waals surface area contributed by atoms with Crippen LogP contribution >= 0.6 is 11.8 Å². The van der Waals surface area contributed by atoms with E-state index in [2.05, 4.69) is 26.2 Å². The first-order valence-electron chi connectivity index (χ1n) is 4.31. The van der Waals surface area contributed by atoms with Gasteiger partial charge in [0.05, 0.1) is 0 Å². The molecule has 0 aromatic heterocycles. The first-order chi connectivity index (χ1) is 5.27. The van der Waals surface area contributed by atoms with Crippen LogP contribution in [0, 0.1) is 5.75 Å². The summed E-state index contributed by atoms with van der Waals surface area (Å²) in [7, 11) is 0. The number of unbranched alkanes of at least 4 members (excludes halogenated alkanes) is 2. The summed E-state index contributed by atoms with van der Waals surface area (Å²) in [5.41, 5.74) is 1.32. The fourth-order valence-electron chi connectivity index (χ4n) is 0.907. The zero-order valence-electron chi connectivity index (χ0n) is 7.73. The summed E-state index contributed by atoms with van der Waals surface area (Å²) in [6.07, 6.45) is 5.23. The molecule has 0 fully saturated rings. The second kappa shape index (κ2) is 8.19. The lowest BCUT2D eigenvalue weighted by molar-refractivity contribution is 0.719. The van der Waals surface area contributed by atoms with E-state index < -0.39 is 0 Å². The Morgan fingerprint density at radius 2 is 2.09 bits per heavy atom. The molecule has 0 aliphatic heterocycles. The SMILES string of the molecule is C=C(C)CCCCCS[CH]C. The topological polar surface area (TPSA) is 0 Å². The van der Waals surface area contributed by atoms with Crippen LogP contribution in [-0.4, -0.2) is 5.75 Å².